The Hall–Kier alpha value is -0.870. The molecule has 1 saturated heterocycles. The number of benzene rings is 1. The Morgan fingerprint density at radius 3 is 2.52 bits per heavy atom. The molecule has 1 heterocycles. The molecule has 1 aliphatic heterocycles. The Labute approximate surface area is 132 Å². The molecule has 0 bridgehead atoms. The van der Waals surface area contributed by atoms with Crippen LogP contribution < -0.4 is 14.8 Å². The number of hydrogen-bond acceptors (Lipinski definition) is 4. The fraction of sp³-hybridized carbons (Fsp3) is 0.647. The molecule has 2 rings (SSSR count). The van der Waals surface area contributed by atoms with Crippen molar-refractivity contribution in [2.75, 3.05) is 26.5 Å². The van der Waals surface area contributed by atoms with Crippen molar-refractivity contribution in [3.8, 4) is 11.5 Å². The van der Waals surface area contributed by atoms with Gasteiger partial charge in [-0.15, -0.1) is 0 Å². The van der Waals surface area contributed by atoms with E-state index >= 15 is 0 Å². The quantitative estimate of drug-likeness (QED) is 0.743. The average molecular weight is 309 g/mol. The highest BCUT2D eigenvalue weighted by Crippen LogP contribution is 2.33. The summed E-state index contributed by atoms with van der Waals surface area (Å²) in [6.07, 6.45) is 4.74. The van der Waals surface area contributed by atoms with Crippen LogP contribution in [0.2, 0.25) is 0 Å². The summed E-state index contributed by atoms with van der Waals surface area (Å²) in [4.78, 5) is 0. The molecule has 1 N–H and O–H groups in total. The van der Waals surface area contributed by atoms with E-state index in [9.17, 15) is 0 Å². The van der Waals surface area contributed by atoms with Crippen LogP contribution in [-0.2, 0) is 12.2 Å². The van der Waals surface area contributed by atoms with E-state index in [-0.39, 0.29) is 0 Å². The van der Waals surface area contributed by atoms with Crippen molar-refractivity contribution in [1.29, 1.82) is 0 Å². The summed E-state index contributed by atoms with van der Waals surface area (Å²) in [5.74, 6) is 4.15. The largest absolute Gasteiger partial charge is 0.496 e. The van der Waals surface area contributed by atoms with Crippen molar-refractivity contribution in [3.05, 3.63) is 23.3 Å². The summed E-state index contributed by atoms with van der Waals surface area (Å²) in [5, 5.41) is 3.55. The van der Waals surface area contributed by atoms with Gasteiger partial charge in [0, 0.05) is 17.4 Å². The highest BCUT2D eigenvalue weighted by Gasteiger charge is 2.18. The first-order chi connectivity index (χ1) is 10.3. The van der Waals surface area contributed by atoms with E-state index in [4.69, 9.17) is 9.47 Å². The van der Waals surface area contributed by atoms with Gasteiger partial charge in [-0.05, 0) is 55.7 Å². The predicted molar refractivity (Wildman–Crippen MR) is 90.7 cm³/mol. The van der Waals surface area contributed by atoms with Gasteiger partial charge in [-0.25, -0.2) is 0 Å². The Morgan fingerprint density at radius 2 is 1.90 bits per heavy atom. The van der Waals surface area contributed by atoms with E-state index in [2.05, 4.69) is 24.4 Å². The average Bonchev–Trinajstić information content (AvgIpc) is 3.01. The SMILES string of the molecule is CCCSCc1cc(OC)c(C[C@H]2CCCN2)cc1OC. The Morgan fingerprint density at radius 1 is 1.19 bits per heavy atom. The van der Waals surface area contributed by atoms with Gasteiger partial charge in [0.25, 0.3) is 0 Å². The van der Waals surface area contributed by atoms with Crippen LogP contribution in [0.1, 0.15) is 37.3 Å². The van der Waals surface area contributed by atoms with Gasteiger partial charge in [-0.3, -0.25) is 0 Å². The van der Waals surface area contributed by atoms with Crippen LogP contribution in [0, 0.1) is 0 Å². The summed E-state index contributed by atoms with van der Waals surface area (Å²) >= 11 is 1.95. The molecule has 0 aromatic heterocycles. The first-order valence-corrected chi connectivity index (χ1v) is 8.98. The van der Waals surface area contributed by atoms with Crippen molar-refractivity contribution < 1.29 is 9.47 Å². The van der Waals surface area contributed by atoms with Crippen LogP contribution in [0.15, 0.2) is 12.1 Å². The maximum atomic E-state index is 5.61. The van der Waals surface area contributed by atoms with E-state index < -0.39 is 0 Å². The summed E-state index contributed by atoms with van der Waals surface area (Å²) < 4.78 is 11.2. The molecule has 1 aromatic rings. The van der Waals surface area contributed by atoms with Crippen molar-refractivity contribution in [2.45, 2.75) is 44.4 Å². The second-order valence-electron chi connectivity index (χ2n) is 5.53. The maximum Gasteiger partial charge on any atom is 0.123 e. The molecule has 21 heavy (non-hydrogen) atoms. The molecule has 1 atom stereocenters. The molecule has 4 heteroatoms. The topological polar surface area (TPSA) is 30.5 Å². The van der Waals surface area contributed by atoms with Crippen molar-refractivity contribution in [2.24, 2.45) is 0 Å². The first kappa shape index (κ1) is 16.5. The molecule has 0 spiro atoms. The maximum absolute atomic E-state index is 5.61. The zero-order valence-corrected chi connectivity index (χ0v) is 14.2. The van der Waals surface area contributed by atoms with Gasteiger partial charge < -0.3 is 14.8 Å². The van der Waals surface area contributed by atoms with Gasteiger partial charge in [-0.1, -0.05) is 6.92 Å². The molecule has 1 aromatic carbocycles. The van der Waals surface area contributed by atoms with Crippen LogP contribution in [0.5, 0.6) is 11.5 Å². The van der Waals surface area contributed by atoms with Crippen molar-refractivity contribution >= 4 is 11.8 Å². The van der Waals surface area contributed by atoms with E-state index in [1.165, 1.54) is 36.1 Å². The number of ether oxygens (including phenoxy) is 2. The second-order valence-corrected chi connectivity index (χ2v) is 6.63. The summed E-state index contributed by atoms with van der Waals surface area (Å²) in [6.45, 7) is 3.35. The zero-order chi connectivity index (χ0) is 15.1. The summed E-state index contributed by atoms with van der Waals surface area (Å²) in [6, 6.07) is 4.90. The van der Waals surface area contributed by atoms with Gasteiger partial charge in [0.1, 0.15) is 11.5 Å². The third-order valence-electron chi connectivity index (χ3n) is 3.92. The first-order valence-electron chi connectivity index (χ1n) is 7.83. The molecular weight excluding hydrogens is 282 g/mol. The van der Waals surface area contributed by atoms with E-state index in [0.717, 1.165) is 30.2 Å². The Balaban J connectivity index is 2.15. The highest BCUT2D eigenvalue weighted by molar-refractivity contribution is 7.98. The van der Waals surface area contributed by atoms with Gasteiger partial charge in [-0.2, -0.15) is 11.8 Å². The minimum Gasteiger partial charge on any atom is -0.496 e. The number of hydrogen-bond donors (Lipinski definition) is 1. The predicted octanol–water partition coefficient (Wildman–Crippen LogP) is 3.64. The minimum absolute atomic E-state index is 0.573. The second kappa shape index (κ2) is 8.54. The van der Waals surface area contributed by atoms with Crippen LogP contribution in [0.3, 0.4) is 0 Å². The van der Waals surface area contributed by atoms with Crippen LogP contribution in [0.4, 0.5) is 0 Å². The number of rotatable bonds is 8. The fourth-order valence-electron chi connectivity index (χ4n) is 2.82. The standard InChI is InChI=1S/C17H27NO2S/c1-4-8-21-12-14-11-16(19-2)13(10-17(14)20-3)9-15-6-5-7-18-15/h10-11,15,18H,4-9,12H2,1-3H3/t15-/m1/s1. The zero-order valence-electron chi connectivity index (χ0n) is 13.4. The monoisotopic (exact) mass is 309 g/mol. The number of nitrogens with one attached hydrogen (secondary N) is 1. The third kappa shape index (κ3) is 4.55. The third-order valence-corrected chi connectivity index (χ3v) is 5.13. The summed E-state index contributed by atoms with van der Waals surface area (Å²) in [5.41, 5.74) is 2.48. The Bertz CT molecular complexity index is 445. The number of thioether (sulfide) groups is 1. The number of methoxy groups -OCH3 is 2. The molecule has 0 unspecified atom stereocenters. The molecule has 1 aliphatic rings. The van der Waals surface area contributed by atoms with Gasteiger partial charge >= 0.3 is 0 Å². The normalized spacial score (nSPS) is 18.0. The van der Waals surface area contributed by atoms with Gasteiger partial charge in [0.15, 0.2) is 0 Å². The van der Waals surface area contributed by atoms with Crippen LogP contribution >= 0.6 is 11.8 Å². The fourth-order valence-corrected chi connectivity index (χ4v) is 3.70. The lowest BCUT2D eigenvalue weighted by Crippen LogP contribution is -2.23. The lowest BCUT2D eigenvalue weighted by atomic mass is 10.0. The van der Waals surface area contributed by atoms with Crippen LogP contribution in [-0.4, -0.2) is 32.6 Å². The van der Waals surface area contributed by atoms with Crippen molar-refractivity contribution in [1.82, 2.24) is 5.32 Å². The highest BCUT2D eigenvalue weighted by atomic mass is 32.2. The molecule has 1 fully saturated rings. The molecule has 0 radical (unpaired) electrons. The lowest BCUT2D eigenvalue weighted by molar-refractivity contribution is 0.394. The molecular formula is C17H27NO2S. The van der Waals surface area contributed by atoms with E-state index in [1.54, 1.807) is 14.2 Å². The van der Waals surface area contributed by atoms with E-state index in [0.29, 0.717) is 6.04 Å². The molecule has 0 saturated carbocycles. The smallest absolute Gasteiger partial charge is 0.123 e. The van der Waals surface area contributed by atoms with E-state index in [1.807, 2.05) is 11.8 Å². The van der Waals surface area contributed by atoms with Crippen molar-refractivity contribution in [3.63, 3.8) is 0 Å². The lowest BCUT2D eigenvalue weighted by Gasteiger charge is -2.17. The Kier molecular flexibility index (Phi) is 6.71. The molecule has 118 valence electrons. The van der Waals surface area contributed by atoms with Gasteiger partial charge in [0.2, 0.25) is 0 Å². The van der Waals surface area contributed by atoms with Crippen LogP contribution in [0.25, 0.3) is 0 Å². The van der Waals surface area contributed by atoms with Gasteiger partial charge in [0.05, 0.1) is 14.2 Å². The summed E-state index contributed by atoms with van der Waals surface area (Å²) in [7, 11) is 3.52. The molecule has 0 aliphatic carbocycles. The molecule has 0 amide bonds. The molecule has 3 nitrogen and oxygen atoms in total. The minimum atomic E-state index is 0.573.